The first kappa shape index (κ1) is 21.4. The SMILES string of the molecule is Cc1ncccc1Oc1ncnc(O[C@H]2CC3CC(F)(F)C(C2)N3S(=O)(=O)C2CC2)c1C. The van der Waals surface area contributed by atoms with Crippen molar-refractivity contribution in [1.82, 2.24) is 19.3 Å². The number of rotatable bonds is 6. The highest BCUT2D eigenvalue weighted by Crippen LogP contribution is 2.50. The highest BCUT2D eigenvalue weighted by Gasteiger charge is 2.63. The third-order valence-electron chi connectivity index (χ3n) is 6.36. The Morgan fingerprint density at radius 3 is 2.56 bits per heavy atom. The molecule has 1 saturated carbocycles. The van der Waals surface area contributed by atoms with Crippen LogP contribution in [-0.2, 0) is 10.0 Å². The number of piperidine rings is 1. The van der Waals surface area contributed by atoms with Gasteiger partial charge in [-0.1, -0.05) is 0 Å². The minimum absolute atomic E-state index is 0.0865. The Morgan fingerprint density at radius 1 is 1.12 bits per heavy atom. The third kappa shape index (κ3) is 3.71. The number of hydrogen-bond donors (Lipinski definition) is 0. The van der Waals surface area contributed by atoms with Crippen LogP contribution in [0.15, 0.2) is 24.7 Å². The summed E-state index contributed by atoms with van der Waals surface area (Å²) in [5.74, 6) is -2.01. The van der Waals surface area contributed by atoms with Crippen molar-refractivity contribution < 1.29 is 26.7 Å². The Bertz CT molecular complexity index is 1140. The molecule has 2 saturated heterocycles. The molecule has 0 amide bonds. The lowest BCUT2D eigenvalue weighted by atomic mass is 10.0. The van der Waals surface area contributed by atoms with E-state index in [0.717, 1.165) is 4.31 Å². The standard InChI is InChI=1S/C21H24F2N4O4S/c1-12-19(25-11-26-20(12)31-17-4-3-7-24-13(17)2)30-15-8-14-10-21(22,23)18(9-15)27(14)32(28,29)16-5-6-16/h3-4,7,11,14-16,18H,5-6,8-10H2,1-2H3/t14?,15-,18?/m0/s1. The molecule has 5 rings (SSSR count). The van der Waals surface area contributed by atoms with Crippen molar-refractivity contribution in [3.63, 3.8) is 0 Å². The summed E-state index contributed by atoms with van der Waals surface area (Å²) in [6, 6.07) is 1.36. The van der Waals surface area contributed by atoms with Gasteiger partial charge in [-0.25, -0.2) is 27.2 Å². The average molecular weight is 467 g/mol. The molecule has 2 aromatic rings. The monoisotopic (exact) mass is 466 g/mol. The molecule has 0 aromatic carbocycles. The number of halogens is 2. The summed E-state index contributed by atoms with van der Waals surface area (Å²) >= 11 is 0. The third-order valence-corrected chi connectivity index (χ3v) is 8.81. The molecule has 2 aliphatic heterocycles. The van der Waals surface area contributed by atoms with E-state index in [1.807, 2.05) is 6.92 Å². The summed E-state index contributed by atoms with van der Waals surface area (Å²) in [6.45, 7) is 3.54. The smallest absolute Gasteiger partial charge is 0.266 e. The molecular weight excluding hydrogens is 442 g/mol. The van der Waals surface area contributed by atoms with Crippen molar-refractivity contribution in [3.8, 4) is 17.5 Å². The number of aromatic nitrogens is 3. The van der Waals surface area contributed by atoms with Crippen LogP contribution in [0.4, 0.5) is 8.78 Å². The highest BCUT2D eigenvalue weighted by molar-refractivity contribution is 7.90. The van der Waals surface area contributed by atoms with E-state index in [1.165, 1.54) is 6.33 Å². The van der Waals surface area contributed by atoms with E-state index in [9.17, 15) is 17.2 Å². The first-order valence-corrected chi connectivity index (χ1v) is 12.1. The highest BCUT2D eigenvalue weighted by atomic mass is 32.2. The van der Waals surface area contributed by atoms with Gasteiger partial charge in [0.1, 0.15) is 12.4 Å². The molecule has 8 nitrogen and oxygen atoms in total. The van der Waals surface area contributed by atoms with Crippen LogP contribution in [0.2, 0.25) is 0 Å². The maximum Gasteiger partial charge on any atom is 0.266 e. The maximum absolute atomic E-state index is 14.7. The second-order valence-electron chi connectivity index (χ2n) is 8.72. The molecule has 3 atom stereocenters. The second-order valence-corrected chi connectivity index (χ2v) is 10.8. The van der Waals surface area contributed by atoms with Crippen LogP contribution >= 0.6 is 0 Å². The van der Waals surface area contributed by atoms with Gasteiger partial charge >= 0.3 is 0 Å². The molecule has 11 heteroatoms. The predicted octanol–water partition coefficient (Wildman–Crippen LogP) is 3.39. The van der Waals surface area contributed by atoms with Crippen molar-refractivity contribution in [2.45, 2.75) is 75.3 Å². The normalized spacial score (nSPS) is 27.3. The number of ether oxygens (including phenoxy) is 2. The fourth-order valence-electron chi connectivity index (χ4n) is 4.59. The van der Waals surface area contributed by atoms with E-state index in [4.69, 9.17) is 9.47 Å². The van der Waals surface area contributed by atoms with Crippen LogP contribution in [0.1, 0.15) is 43.4 Å². The van der Waals surface area contributed by atoms with Gasteiger partial charge in [-0.2, -0.15) is 4.31 Å². The Kier molecular flexibility index (Phi) is 5.08. The molecule has 2 aromatic heterocycles. The van der Waals surface area contributed by atoms with E-state index >= 15 is 0 Å². The minimum atomic E-state index is -3.70. The van der Waals surface area contributed by atoms with Gasteiger partial charge in [-0.3, -0.25) is 4.98 Å². The summed E-state index contributed by atoms with van der Waals surface area (Å²) in [6.07, 6.45) is 3.09. The summed E-state index contributed by atoms with van der Waals surface area (Å²) in [4.78, 5) is 12.5. The Morgan fingerprint density at radius 2 is 1.88 bits per heavy atom. The largest absolute Gasteiger partial charge is 0.474 e. The molecule has 2 bridgehead atoms. The Labute approximate surface area is 185 Å². The second kappa shape index (κ2) is 7.58. The van der Waals surface area contributed by atoms with Gasteiger partial charge in [0.2, 0.25) is 21.8 Å². The number of nitrogens with zero attached hydrogens (tertiary/aromatic N) is 4. The Balaban J connectivity index is 1.35. The summed E-state index contributed by atoms with van der Waals surface area (Å²) in [7, 11) is -3.70. The quantitative estimate of drug-likeness (QED) is 0.644. The van der Waals surface area contributed by atoms with Crippen LogP contribution < -0.4 is 9.47 Å². The van der Waals surface area contributed by atoms with E-state index in [0.29, 0.717) is 29.8 Å². The Hall–Kier alpha value is -2.40. The molecule has 3 aliphatic rings. The number of alkyl halides is 2. The van der Waals surface area contributed by atoms with Gasteiger partial charge in [-0.05, 0) is 38.8 Å². The number of pyridine rings is 1. The lowest BCUT2D eigenvalue weighted by Crippen LogP contribution is -2.52. The zero-order chi connectivity index (χ0) is 22.7. The molecule has 0 N–H and O–H groups in total. The van der Waals surface area contributed by atoms with Crippen molar-refractivity contribution in [2.75, 3.05) is 0 Å². The topological polar surface area (TPSA) is 94.5 Å². The summed E-state index contributed by atoms with van der Waals surface area (Å²) in [5.41, 5.74) is 1.22. The van der Waals surface area contributed by atoms with E-state index < -0.39 is 45.8 Å². The molecule has 0 spiro atoms. The van der Waals surface area contributed by atoms with E-state index in [1.54, 1.807) is 25.3 Å². The lowest BCUT2D eigenvalue weighted by molar-refractivity contribution is -0.0358. The summed E-state index contributed by atoms with van der Waals surface area (Å²) in [5, 5.41) is -0.515. The van der Waals surface area contributed by atoms with Crippen LogP contribution in [0.5, 0.6) is 17.5 Å². The van der Waals surface area contributed by atoms with Crippen LogP contribution in [0, 0.1) is 13.8 Å². The number of fused-ring (bicyclic) bond motifs is 2. The van der Waals surface area contributed by atoms with Gasteiger partial charge in [0.15, 0.2) is 5.75 Å². The number of aryl methyl sites for hydroxylation is 1. The van der Waals surface area contributed by atoms with Crippen molar-refractivity contribution in [3.05, 3.63) is 35.9 Å². The van der Waals surface area contributed by atoms with Crippen LogP contribution in [-0.4, -0.2) is 57.0 Å². The van der Waals surface area contributed by atoms with Gasteiger partial charge in [0.05, 0.1) is 22.5 Å². The fourth-order valence-corrected chi connectivity index (χ4v) is 6.84. The van der Waals surface area contributed by atoms with Gasteiger partial charge in [-0.15, -0.1) is 0 Å². The van der Waals surface area contributed by atoms with E-state index in [-0.39, 0.29) is 24.6 Å². The van der Waals surface area contributed by atoms with Gasteiger partial charge < -0.3 is 9.47 Å². The fraction of sp³-hybridized carbons (Fsp3) is 0.571. The van der Waals surface area contributed by atoms with E-state index in [2.05, 4.69) is 15.0 Å². The van der Waals surface area contributed by atoms with Crippen molar-refractivity contribution in [2.24, 2.45) is 0 Å². The van der Waals surface area contributed by atoms with Crippen molar-refractivity contribution >= 4 is 10.0 Å². The van der Waals surface area contributed by atoms with Crippen LogP contribution in [0.3, 0.4) is 0 Å². The molecule has 2 unspecified atom stereocenters. The molecule has 0 radical (unpaired) electrons. The zero-order valence-corrected chi connectivity index (χ0v) is 18.6. The molecule has 4 heterocycles. The first-order chi connectivity index (χ1) is 15.2. The molecule has 3 fully saturated rings. The van der Waals surface area contributed by atoms with Crippen molar-refractivity contribution in [1.29, 1.82) is 0 Å². The van der Waals surface area contributed by atoms with Gasteiger partial charge in [0.25, 0.3) is 5.92 Å². The predicted molar refractivity (Wildman–Crippen MR) is 110 cm³/mol. The number of hydrogen-bond acceptors (Lipinski definition) is 7. The molecule has 172 valence electrons. The van der Waals surface area contributed by atoms with Crippen LogP contribution in [0.25, 0.3) is 0 Å². The summed E-state index contributed by atoms with van der Waals surface area (Å²) < 4.78 is 67.9. The zero-order valence-electron chi connectivity index (χ0n) is 17.7. The lowest BCUT2D eigenvalue weighted by Gasteiger charge is -2.38. The first-order valence-electron chi connectivity index (χ1n) is 10.6. The minimum Gasteiger partial charge on any atom is -0.474 e. The number of sulfonamides is 1. The molecular formula is C21H24F2N4O4S. The maximum atomic E-state index is 14.7. The molecule has 32 heavy (non-hydrogen) atoms. The molecule has 1 aliphatic carbocycles. The van der Waals surface area contributed by atoms with Gasteiger partial charge in [0, 0.05) is 31.5 Å². The average Bonchev–Trinajstić information content (AvgIpc) is 3.55.